The van der Waals surface area contributed by atoms with Crippen LogP contribution < -0.4 is 10.6 Å². The third-order valence-electron chi connectivity index (χ3n) is 4.95. The summed E-state index contributed by atoms with van der Waals surface area (Å²) in [7, 11) is 0. The Morgan fingerprint density at radius 2 is 2.00 bits per heavy atom. The average molecular weight is 348 g/mol. The molecule has 1 saturated heterocycles. The Hall–Kier alpha value is -3.00. The Morgan fingerprint density at radius 3 is 2.92 bits per heavy atom. The van der Waals surface area contributed by atoms with E-state index >= 15 is 0 Å². The summed E-state index contributed by atoms with van der Waals surface area (Å²) in [6, 6.07) is 8.01. The second kappa shape index (κ2) is 6.38. The van der Waals surface area contributed by atoms with Crippen LogP contribution in [0.25, 0.3) is 28.0 Å². The van der Waals surface area contributed by atoms with Gasteiger partial charge >= 0.3 is 0 Å². The number of aromatic nitrogens is 6. The van der Waals surface area contributed by atoms with Gasteiger partial charge in [0.2, 0.25) is 5.95 Å². The summed E-state index contributed by atoms with van der Waals surface area (Å²) < 4.78 is 1.97. The quantitative estimate of drug-likeness (QED) is 0.523. The minimum Gasteiger partial charge on any atom is -0.354 e. The second-order valence-corrected chi connectivity index (χ2v) is 6.65. The maximum Gasteiger partial charge on any atom is 0.226 e. The smallest absolute Gasteiger partial charge is 0.226 e. The molecule has 3 N–H and O–H groups in total. The average Bonchev–Trinajstić information content (AvgIpc) is 3.33. The molecule has 0 unspecified atom stereocenters. The van der Waals surface area contributed by atoms with Crippen molar-refractivity contribution in [2.24, 2.45) is 5.92 Å². The van der Waals surface area contributed by atoms with Crippen LogP contribution in [-0.4, -0.2) is 49.1 Å². The molecule has 0 spiro atoms. The van der Waals surface area contributed by atoms with Crippen molar-refractivity contribution in [3.8, 4) is 5.82 Å². The molecule has 0 saturated carbocycles. The lowest BCUT2D eigenvalue weighted by Gasteiger charge is -2.22. The highest BCUT2D eigenvalue weighted by Crippen LogP contribution is 2.23. The first-order valence-corrected chi connectivity index (χ1v) is 8.96. The molecule has 0 radical (unpaired) electrons. The molecule has 26 heavy (non-hydrogen) atoms. The highest BCUT2D eigenvalue weighted by atomic mass is 15.2. The predicted octanol–water partition coefficient (Wildman–Crippen LogP) is 2.10. The lowest BCUT2D eigenvalue weighted by atomic mass is 9.98. The molecular formula is C18H20N8. The molecule has 1 aromatic carbocycles. The van der Waals surface area contributed by atoms with E-state index in [0.717, 1.165) is 47.6 Å². The van der Waals surface area contributed by atoms with Crippen molar-refractivity contribution in [3.63, 3.8) is 0 Å². The molecule has 3 aromatic heterocycles. The summed E-state index contributed by atoms with van der Waals surface area (Å²) in [5, 5.41) is 6.81. The normalized spacial score (nSPS) is 15.7. The lowest BCUT2D eigenvalue weighted by molar-refractivity contribution is 0.389. The molecule has 8 nitrogen and oxygen atoms in total. The summed E-state index contributed by atoms with van der Waals surface area (Å²) in [5.74, 6) is 2.00. The van der Waals surface area contributed by atoms with Gasteiger partial charge in [0.05, 0.1) is 17.4 Å². The fourth-order valence-electron chi connectivity index (χ4n) is 3.52. The number of aromatic amines is 1. The monoisotopic (exact) mass is 348 g/mol. The van der Waals surface area contributed by atoms with Crippen LogP contribution in [0.5, 0.6) is 0 Å². The number of nitrogens with zero attached hydrogens (tertiary/aromatic N) is 5. The largest absolute Gasteiger partial charge is 0.354 e. The summed E-state index contributed by atoms with van der Waals surface area (Å²) in [6.45, 7) is 3.05. The predicted molar refractivity (Wildman–Crippen MR) is 100 cm³/mol. The molecular weight excluding hydrogens is 328 g/mol. The number of nitrogens with one attached hydrogen (secondary N) is 3. The van der Waals surface area contributed by atoms with Gasteiger partial charge in [0.15, 0.2) is 17.0 Å². The van der Waals surface area contributed by atoms with E-state index in [1.165, 1.54) is 12.8 Å². The fourth-order valence-corrected chi connectivity index (χ4v) is 3.52. The van der Waals surface area contributed by atoms with Crippen molar-refractivity contribution in [2.75, 3.05) is 25.0 Å². The van der Waals surface area contributed by atoms with E-state index < -0.39 is 0 Å². The van der Waals surface area contributed by atoms with Crippen LogP contribution in [0, 0.1) is 5.92 Å². The minimum atomic E-state index is 0.619. The highest BCUT2D eigenvalue weighted by Gasteiger charge is 2.16. The molecule has 0 amide bonds. The van der Waals surface area contributed by atoms with Crippen molar-refractivity contribution in [1.82, 2.24) is 34.8 Å². The lowest BCUT2D eigenvalue weighted by Crippen LogP contribution is -2.31. The molecule has 4 heterocycles. The molecule has 132 valence electrons. The van der Waals surface area contributed by atoms with E-state index in [1.54, 1.807) is 12.7 Å². The van der Waals surface area contributed by atoms with Crippen LogP contribution >= 0.6 is 0 Å². The van der Waals surface area contributed by atoms with Crippen LogP contribution in [0.1, 0.15) is 12.8 Å². The third-order valence-corrected chi connectivity index (χ3v) is 4.95. The van der Waals surface area contributed by atoms with Gasteiger partial charge < -0.3 is 15.6 Å². The zero-order valence-electron chi connectivity index (χ0n) is 14.3. The fraction of sp³-hybridized carbons (Fsp3) is 0.333. The molecule has 1 aliphatic rings. The molecule has 4 aromatic rings. The molecule has 0 aliphatic carbocycles. The standard InChI is InChI=1S/C18H20N8/c1-2-4-14-13(3-1)23-11-26(14)17-15-16(22-10-21-15)24-18(25-17)20-9-12-5-7-19-8-6-12/h1-4,10-12,19H,5-9H2,(H2,20,21,22,24,25). The Balaban J connectivity index is 1.53. The number of fused-ring (bicyclic) bond motifs is 2. The first-order chi connectivity index (χ1) is 12.9. The number of imidazole rings is 2. The number of rotatable bonds is 4. The Kier molecular flexibility index (Phi) is 3.75. The number of anilines is 1. The number of piperidine rings is 1. The van der Waals surface area contributed by atoms with E-state index in [1.807, 2.05) is 28.8 Å². The Morgan fingerprint density at radius 1 is 1.12 bits per heavy atom. The van der Waals surface area contributed by atoms with Gasteiger partial charge in [-0.2, -0.15) is 9.97 Å². The van der Waals surface area contributed by atoms with Gasteiger partial charge in [0.25, 0.3) is 0 Å². The highest BCUT2D eigenvalue weighted by molar-refractivity contribution is 5.84. The van der Waals surface area contributed by atoms with E-state index in [4.69, 9.17) is 4.98 Å². The first kappa shape index (κ1) is 15.3. The van der Waals surface area contributed by atoms with Crippen LogP contribution in [0.2, 0.25) is 0 Å². The van der Waals surface area contributed by atoms with E-state index in [9.17, 15) is 0 Å². The van der Waals surface area contributed by atoms with Crippen LogP contribution in [0.15, 0.2) is 36.9 Å². The van der Waals surface area contributed by atoms with Gasteiger partial charge in [-0.3, -0.25) is 4.57 Å². The molecule has 1 aliphatic heterocycles. The molecule has 8 heteroatoms. The maximum absolute atomic E-state index is 4.75. The van der Waals surface area contributed by atoms with Gasteiger partial charge in [-0.1, -0.05) is 12.1 Å². The molecule has 0 bridgehead atoms. The van der Waals surface area contributed by atoms with Gasteiger partial charge in [0, 0.05) is 6.54 Å². The molecule has 0 atom stereocenters. The van der Waals surface area contributed by atoms with E-state index in [0.29, 0.717) is 11.9 Å². The Bertz CT molecular complexity index is 1040. The van der Waals surface area contributed by atoms with E-state index in [2.05, 4.69) is 30.6 Å². The van der Waals surface area contributed by atoms with Gasteiger partial charge in [0.1, 0.15) is 6.33 Å². The summed E-state index contributed by atoms with van der Waals surface area (Å²) in [5.41, 5.74) is 3.39. The van der Waals surface area contributed by atoms with Crippen LogP contribution in [-0.2, 0) is 0 Å². The second-order valence-electron chi connectivity index (χ2n) is 6.65. The number of benzene rings is 1. The zero-order chi connectivity index (χ0) is 17.3. The van der Waals surface area contributed by atoms with Gasteiger partial charge in [-0.15, -0.1) is 0 Å². The third kappa shape index (κ3) is 2.68. The van der Waals surface area contributed by atoms with Crippen LogP contribution in [0.3, 0.4) is 0 Å². The summed E-state index contributed by atoms with van der Waals surface area (Å²) in [6.07, 6.45) is 5.80. The molecule has 5 rings (SSSR count). The minimum absolute atomic E-state index is 0.619. The Labute approximate surface area is 150 Å². The van der Waals surface area contributed by atoms with Crippen LogP contribution in [0.4, 0.5) is 5.95 Å². The topological polar surface area (TPSA) is 96.3 Å². The number of hydrogen-bond acceptors (Lipinski definition) is 6. The van der Waals surface area contributed by atoms with Gasteiger partial charge in [-0.25, -0.2) is 9.97 Å². The maximum atomic E-state index is 4.75. The molecule has 1 fully saturated rings. The van der Waals surface area contributed by atoms with E-state index in [-0.39, 0.29) is 0 Å². The first-order valence-electron chi connectivity index (χ1n) is 8.96. The SMILES string of the molecule is c1ccc2c(c1)ncn2-c1nc(NCC2CCNCC2)nc2[nH]cnc12. The summed E-state index contributed by atoms with van der Waals surface area (Å²) >= 11 is 0. The summed E-state index contributed by atoms with van der Waals surface area (Å²) in [4.78, 5) is 21.3. The van der Waals surface area contributed by atoms with Crippen molar-refractivity contribution < 1.29 is 0 Å². The number of para-hydroxylation sites is 2. The van der Waals surface area contributed by atoms with Crippen molar-refractivity contribution in [1.29, 1.82) is 0 Å². The van der Waals surface area contributed by atoms with Crippen molar-refractivity contribution in [3.05, 3.63) is 36.9 Å². The zero-order valence-corrected chi connectivity index (χ0v) is 14.3. The van der Waals surface area contributed by atoms with Gasteiger partial charge in [-0.05, 0) is 44.0 Å². The van der Waals surface area contributed by atoms with Crippen molar-refractivity contribution in [2.45, 2.75) is 12.8 Å². The van der Waals surface area contributed by atoms with Crippen molar-refractivity contribution >= 4 is 28.1 Å². The number of H-pyrrole nitrogens is 1. The number of hydrogen-bond donors (Lipinski definition) is 3.